The van der Waals surface area contributed by atoms with Gasteiger partial charge in [0.05, 0.1) is 24.8 Å². The Morgan fingerprint density at radius 2 is 1.97 bits per heavy atom. The Kier molecular flexibility index (Phi) is 6.81. The number of benzene rings is 1. The van der Waals surface area contributed by atoms with Crippen molar-refractivity contribution in [2.45, 2.75) is 18.9 Å². The summed E-state index contributed by atoms with van der Waals surface area (Å²) in [7, 11) is 0. The number of nitrogens with zero attached hydrogens (tertiary/aromatic N) is 3. The van der Waals surface area contributed by atoms with Crippen molar-refractivity contribution in [3.63, 3.8) is 0 Å². The number of rotatable bonds is 6. The Labute approximate surface area is 207 Å². The number of amides is 1. The molecule has 1 aromatic carbocycles. The molecule has 0 spiro atoms. The van der Waals surface area contributed by atoms with Crippen LogP contribution >= 0.6 is 11.6 Å². The molecule has 1 amide bonds. The first-order valence-corrected chi connectivity index (χ1v) is 12.1. The minimum absolute atomic E-state index is 0.101. The third kappa shape index (κ3) is 5.07. The minimum atomic E-state index is -0.334. The molecule has 0 unspecified atom stereocenters. The van der Waals surface area contributed by atoms with Crippen LogP contribution in [-0.2, 0) is 9.53 Å². The van der Waals surface area contributed by atoms with Crippen LogP contribution in [0.1, 0.15) is 18.4 Å². The lowest BCUT2D eigenvalue weighted by molar-refractivity contribution is -0.131. The van der Waals surface area contributed by atoms with Gasteiger partial charge in [-0.25, -0.2) is 5.53 Å². The van der Waals surface area contributed by atoms with Gasteiger partial charge in [0.25, 0.3) is 5.56 Å². The monoisotopic (exact) mass is 494 g/mol. The second-order valence-corrected chi connectivity index (χ2v) is 9.37. The molecule has 35 heavy (non-hydrogen) atoms. The molecule has 2 aliphatic heterocycles. The van der Waals surface area contributed by atoms with Crippen LogP contribution in [0.15, 0.2) is 63.8 Å². The van der Waals surface area contributed by atoms with E-state index in [0.29, 0.717) is 29.4 Å². The molecule has 2 aromatic rings. The van der Waals surface area contributed by atoms with Gasteiger partial charge in [-0.1, -0.05) is 17.7 Å². The summed E-state index contributed by atoms with van der Waals surface area (Å²) in [6, 6.07) is 7.38. The fraction of sp³-hybridized carbons (Fsp3) is 0.360. The van der Waals surface area contributed by atoms with Crippen LogP contribution in [-0.4, -0.2) is 66.1 Å². The Bertz CT molecular complexity index is 1300. The van der Waals surface area contributed by atoms with Gasteiger partial charge in [0.2, 0.25) is 5.91 Å². The molecule has 0 radical (unpaired) electrons. The number of fused-ring (bicyclic) bond motifs is 1. The zero-order valence-corrected chi connectivity index (χ0v) is 20.0. The van der Waals surface area contributed by atoms with Crippen LogP contribution in [0.5, 0.6) is 0 Å². The maximum atomic E-state index is 13.0. The molecule has 3 heterocycles. The maximum absolute atomic E-state index is 13.0. The van der Waals surface area contributed by atoms with E-state index in [1.165, 1.54) is 0 Å². The normalized spacial score (nSPS) is 19.7. The van der Waals surface area contributed by atoms with Gasteiger partial charge in [-0.3, -0.25) is 14.5 Å². The lowest BCUT2D eigenvalue weighted by atomic mass is 10.0. The molecule has 0 bridgehead atoms. The third-order valence-electron chi connectivity index (χ3n) is 6.76. The maximum Gasteiger partial charge on any atom is 0.258 e. The van der Waals surface area contributed by atoms with Crippen LogP contribution in [0, 0.1) is 5.53 Å². The molecule has 3 N–H and O–H groups in total. The zero-order chi connectivity index (χ0) is 24.4. The number of carbonyl (C=O) groups excluding carboxylic acids is 1. The highest BCUT2D eigenvalue weighted by atomic mass is 35.5. The number of pyridine rings is 1. The SMILES string of the molecule is N=N/C(=C\NC1=CC=C(C(=O)N2CCN(C3COC3)CC2)CC1)c1cc2cc(Cl)ccc2[nH]c1=O. The van der Waals surface area contributed by atoms with Gasteiger partial charge in [-0.05, 0) is 43.2 Å². The zero-order valence-electron chi connectivity index (χ0n) is 19.2. The van der Waals surface area contributed by atoms with Crippen molar-refractivity contribution >= 4 is 34.1 Å². The van der Waals surface area contributed by atoms with Crippen LogP contribution in [0.3, 0.4) is 0 Å². The fourth-order valence-corrected chi connectivity index (χ4v) is 4.74. The average Bonchev–Trinajstić information content (AvgIpc) is 2.84. The summed E-state index contributed by atoms with van der Waals surface area (Å²) in [5, 5.41) is 8.01. The molecule has 1 aliphatic carbocycles. The third-order valence-corrected chi connectivity index (χ3v) is 6.99. The Morgan fingerprint density at radius 3 is 2.63 bits per heavy atom. The van der Waals surface area contributed by atoms with Gasteiger partial charge in [-0.2, -0.15) is 5.11 Å². The standard InChI is InChI=1S/C25H27ClN6O3/c26-18-3-6-22-17(11-18)12-21(24(33)29-22)23(30-27)13-28-19-4-1-16(2-5-19)25(34)32-9-7-31(8-10-32)20-14-35-15-20/h1,3-4,6,11-13,20,27-28H,2,5,7-10,14-15H2,(H,29,33)/b23-13-,30-27?. The van der Waals surface area contributed by atoms with Crippen molar-refractivity contribution in [2.24, 2.45) is 5.11 Å². The fourth-order valence-electron chi connectivity index (χ4n) is 4.56. The van der Waals surface area contributed by atoms with Crippen LogP contribution in [0.25, 0.3) is 16.6 Å². The molecule has 2 fully saturated rings. The number of halogens is 1. The van der Waals surface area contributed by atoms with Crippen molar-refractivity contribution in [3.8, 4) is 0 Å². The molecule has 10 heteroatoms. The molecule has 5 rings (SSSR count). The van der Waals surface area contributed by atoms with Gasteiger partial charge in [-0.15, -0.1) is 0 Å². The lowest BCUT2D eigenvalue weighted by Crippen LogP contribution is -2.57. The average molecular weight is 495 g/mol. The first kappa shape index (κ1) is 23.5. The number of ether oxygens (including phenoxy) is 1. The van der Waals surface area contributed by atoms with Gasteiger partial charge in [0.15, 0.2) is 0 Å². The smallest absolute Gasteiger partial charge is 0.258 e. The summed E-state index contributed by atoms with van der Waals surface area (Å²) in [5.41, 5.74) is 10.1. The van der Waals surface area contributed by atoms with E-state index in [9.17, 15) is 9.59 Å². The number of piperazine rings is 1. The van der Waals surface area contributed by atoms with Crippen molar-refractivity contribution < 1.29 is 9.53 Å². The Morgan fingerprint density at radius 1 is 1.17 bits per heavy atom. The van der Waals surface area contributed by atoms with Crippen molar-refractivity contribution in [1.82, 2.24) is 20.1 Å². The minimum Gasteiger partial charge on any atom is -0.378 e. The summed E-state index contributed by atoms with van der Waals surface area (Å²) >= 11 is 6.07. The number of H-pyrrole nitrogens is 1. The largest absolute Gasteiger partial charge is 0.378 e. The number of allylic oxidation sites excluding steroid dienone is 3. The summed E-state index contributed by atoms with van der Waals surface area (Å²) in [4.78, 5) is 32.6. The highest BCUT2D eigenvalue weighted by Crippen LogP contribution is 2.23. The van der Waals surface area contributed by atoms with E-state index in [1.54, 1.807) is 30.5 Å². The number of nitrogens with one attached hydrogen (secondary N) is 3. The number of hydrogen-bond acceptors (Lipinski definition) is 7. The van der Waals surface area contributed by atoms with E-state index in [-0.39, 0.29) is 22.7 Å². The number of hydrogen-bond donors (Lipinski definition) is 3. The summed E-state index contributed by atoms with van der Waals surface area (Å²) in [6.45, 7) is 4.86. The first-order valence-electron chi connectivity index (χ1n) is 11.7. The predicted molar refractivity (Wildman–Crippen MR) is 134 cm³/mol. The molecular weight excluding hydrogens is 468 g/mol. The summed E-state index contributed by atoms with van der Waals surface area (Å²) in [6.07, 6.45) is 6.56. The van der Waals surface area contributed by atoms with E-state index < -0.39 is 0 Å². The van der Waals surface area contributed by atoms with Gasteiger partial charge >= 0.3 is 0 Å². The quantitative estimate of drug-likeness (QED) is 0.533. The molecule has 0 saturated carbocycles. The molecule has 9 nitrogen and oxygen atoms in total. The van der Waals surface area contributed by atoms with E-state index in [2.05, 4.69) is 20.3 Å². The summed E-state index contributed by atoms with van der Waals surface area (Å²) < 4.78 is 5.28. The molecular formula is C25H27ClN6O3. The lowest BCUT2D eigenvalue weighted by Gasteiger charge is -2.42. The number of carbonyl (C=O) groups is 1. The molecule has 1 aromatic heterocycles. The Hall–Kier alpha value is -3.27. The highest BCUT2D eigenvalue weighted by molar-refractivity contribution is 6.31. The highest BCUT2D eigenvalue weighted by Gasteiger charge is 2.31. The molecule has 0 atom stereocenters. The molecule has 182 valence electrons. The van der Waals surface area contributed by atoms with Gasteiger partial charge in [0.1, 0.15) is 5.70 Å². The van der Waals surface area contributed by atoms with Crippen molar-refractivity contribution in [1.29, 1.82) is 5.53 Å². The second kappa shape index (κ2) is 10.2. The number of aromatic amines is 1. The van der Waals surface area contributed by atoms with E-state index in [0.717, 1.165) is 56.0 Å². The van der Waals surface area contributed by atoms with Crippen molar-refractivity contribution in [2.75, 3.05) is 39.4 Å². The Balaban J connectivity index is 1.24. The van der Waals surface area contributed by atoms with Crippen LogP contribution < -0.4 is 10.9 Å². The topological polar surface area (TPSA) is 114 Å². The molecule has 2 saturated heterocycles. The van der Waals surface area contributed by atoms with Crippen LogP contribution in [0.2, 0.25) is 5.02 Å². The molecule has 3 aliphatic rings. The first-order chi connectivity index (χ1) is 17.0. The van der Waals surface area contributed by atoms with Gasteiger partial charge < -0.3 is 19.9 Å². The van der Waals surface area contributed by atoms with Gasteiger partial charge in [0, 0.05) is 59.6 Å². The predicted octanol–water partition coefficient (Wildman–Crippen LogP) is 3.25. The van der Waals surface area contributed by atoms with Crippen LogP contribution in [0.4, 0.5) is 0 Å². The van der Waals surface area contributed by atoms with E-state index >= 15 is 0 Å². The second-order valence-electron chi connectivity index (χ2n) is 8.93. The van der Waals surface area contributed by atoms with E-state index in [4.69, 9.17) is 21.9 Å². The van der Waals surface area contributed by atoms with Crippen molar-refractivity contribution in [3.05, 3.63) is 74.8 Å². The summed E-state index contributed by atoms with van der Waals surface area (Å²) in [5.74, 6) is 0.101. The number of aromatic nitrogens is 1. The van der Waals surface area contributed by atoms with E-state index in [1.807, 2.05) is 17.1 Å².